The summed E-state index contributed by atoms with van der Waals surface area (Å²) in [7, 11) is 0. The third kappa shape index (κ3) is 4.81. The van der Waals surface area contributed by atoms with Gasteiger partial charge in [-0.1, -0.05) is 20.8 Å². The third-order valence-electron chi connectivity index (χ3n) is 3.23. The topological polar surface area (TPSA) is 38.5 Å². The lowest BCUT2D eigenvalue weighted by atomic mass is 9.93. The largest absolute Gasteiger partial charge is 0.377 e. The highest BCUT2D eigenvalue weighted by Gasteiger charge is 2.24. The molecule has 1 unspecified atom stereocenters. The Morgan fingerprint density at radius 3 is 2.69 bits per heavy atom. The molecule has 2 N–H and O–H groups in total. The standard InChI is InChI=1S/C13H28N2O/c1-4-7-15(11-13(2,3)10-14)9-12-6-5-8-16-12/h12H,4-11,14H2,1-3H3. The Morgan fingerprint density at radius 2 is 2.19 bits per heavy atom. The van der Waals surface area contributed by atoms with Crippen LogP contribution in [0.3, 0.4) is 0 Å². The van der Waals surface area contributed by atoms with Gasteiger partial charge in [0, 0.05) is 19.7 Å². The van der Waals surface area contributed by atoms with Crippen LogP contribution in [0.4, 0.5) is 0 Å². The van der Waals surface area contributed by atoms with E-state index in [-0.39, 0.29) is 5.41 Å². The number of nitrogens with zero attached hydrogens (tertiary/aromatic N) is 1. The summed E-state index contributed by atoms with van der Waals surface area (Å²) >= 11 is 0. The molecule has 1 heterocycles. The lowest BCUT2D eigenvalue weighted by molar-refractivity contribution is 0.0601. The van der Waals surface area contributed by atoms with E-state index in [1.807, 2.05) is 0 Å². The second-order valence-electron chi connectivity index (χ2n) is 5.74. The summed E-state index contributed by atoms with van der Waals surface area (Å²) in [4.78, 5) is 2.52. The molecule has 0 aromatic rings. The van der Waals surface area contributed by atoms with Crippen LogP contribution in [0, 0.1) is 5.41 Å². The van der Waals surface area contributed by atoms with E-state index in [1.54, 1.807) is 0 Å². The molecule has 16 heavy (non-hydrogen) atoms. The molecule has 0 aliphatic carbocycles. The second kappa shape index (κ2) is 6.58. The van der Waals surface area contributed by atoms with Crippen molar-refractivity contribution >= 4 is 0 Å². The molecule has 3 heteroatoms. The minimum atomic E-state index is 0.216. The van der Waals surface area contributed by atoms with E-state index in [2.05, 4.69) is 25.7 Å². The molecular weight excluding hydrogens is 200 g/mol. The minimum absolute atomic E-state index is 0.216. The van der Waals surface area contributed by atoms with E-state index in [0.717, 1.165) is 32.8 Å². The Kier molecular flexibility index (Phi) is 5.73. The van der Waals surface area contributed by atoms with Gasteiger partial charge in [-0.2, -0.15) is 0 Å². The molecule has 1 aliphatic heterocycles. The molecule has 1 aliphatic rings. The van der Waals surface area contributed by atoms with E-state index in [9.17, 15) is 0 Å². The molecule has 1 saturated heterocycles. The Balaban J connectivity index is 2.39. The van der Waals surface area contributed by atoms with Crippen molar-refractivity contribution in [2.75, 3.05) is 32.8 Å². The first-order chi connectivity index (χ1) is 7.57. The SMILES string of the molecule is CCCN(CC1CCCO1)CC(C)(C)CN. The maximum Gasteiger partial charge on any atom is 0.0702 e. The molecule has 0 spiro atoms. The highest BCUT2D eigenvalue weighted by Crippen LogP contribution is 2.18. The Labute approximate surface area is 100 Å². The lowest BCUT2D eigenvalue weighted by Crippen LogP contribution is -2.42. The van der Waals surface area contributed by atoms with Crippen molar-refractivity contribution in [2.24, 2.45) is 11.1 Å². The van der Waals surface area contributed by atoms with Gasteiger partial charge >= 0.3 is 0 Å². The Bertz CT molecular complexity index is 188. The van der Waals surface area contributed by atoms with Crippen LogP contribution in [0.1, 0.15) is 40.0 Å². The summed E-state index contributed by atoms with van der Waals surface area (Å²) in [5.41, 5.74) is 6.02. The molecule has 0 saturated carbocycles. The molecule has 0 aromatic carbocycles. The number of hydrogen-bond donors (Lipinski definition) is 1. The highest BCUT2D eigenvalue weighted by molar-refractivity contribution is 4.77. The van der Waals surface area contributed by atoms with Gasteiger partial charge < -0.3 is 15.4 Å². The number of nitrogens with two attached hydrogens (primary N) is 1. The van der Waals surface area contributed by atoms with Crippen molar-refractivity contribution in [3.63, 3.8) is 0 Å². The predicted octanol–water partition coefficient (Wildman–Crippen LogP) is 1.86. The quantitative estimate of drug-likeness (QED) is 0.723. The van der Waals surface area contributed by atoms with Gasteiger partial charge in [-0.3, -0.25) is 0 Å². The summed E-state index contributed by atoms with van der Waals surface area (Å²) < 4.78 is 5.70. The monoisotopic (exact) mass is 228 g/mol. The van der Waals surface area contributed by atoms with Crippen LogP contribution in [-0.4, -0.2) is 43.8 Å². The zero-order chi connectivity index (χ0) is 12.0. The maximum absolute atomic E-state index is 5.80. The molecule has 96 valence electrons. The molecule has 0 radical (unpaired) electrons. The zero-order valence-corrected chi connectivity index (χ0v) is 11.2. The van der Waals surface area contributed by atoms with Crippen LogP contribution in [-0.2, 0) is 4.74 Å². The molecule has 0 bridgehead atoms. The van der Waals surface area contributed by atoms with Gasteiger partial charge in [0.05, 0.1) is 6.10 Å². The maximum atomic E-state index is 5.80. The van der Waals surface area contributed by atoms with Crippen molar-refractivity contribution < 1.29 is 4.74 Å². The fourth-order valence-corrected chi connectivity index (χ4v) is 2.30. The van der Waals surface area contributed by atoms with Crippen LogP contribution >= 0.6 is 0 Å². The smallest absolute Gasteiger partial charge is 0.0702 e. The van der Waals surface area contributed by atoms with Gasteiger partial charge in [-0.25, -0.2) is 0 Å². The van der Waals surface area contributed by atoms with Crippen molar-refractivity contribution in [3.05, 3.63) is 0 Å². The van der Waals surface area contributed by atoms with Gasteiger partial charge in [0.15, 0.2) is 0 Å². The zero-order valence-electron chi connectivity index (χ0n) is 11.2. The number of hydrogen-bond acceptors (Lipinski definition) is 3. The van der Waals surface area contributed by atoms with Gasteiger partial charge in [0.2, 0.25) is 0 Å². The van der Waals surface area contributed by atoms with Gasteiger partial charge in [0.1, 0.15) is 0 Å². The van der Waals surface area contributed by atoms with E-state index in [1.165, 1.54) is 19.3 Å². The van der Waals surface area contributed by atoms with Crippen molar-refractivity contribution in [1.82, 2.24) is 4.90 Å². The van der Waals surface area contributed by atoms with Crippen molar-refractivity contribution in [2.45, 2.75) is 46.1 Å². The first-order valence-electron chi connectivity index (χ1n) is 6.61. The summed E-state index contributed by atoms with van der Waals surface area (Å²) in [6.07, 6.45) is 4.11. The Hall–Kier alpha value is -0.120. The van der Waals surface area contributed by atoms with E-state index < -0.39 is 0 Å². The molecule has 1 rings (SSSR count). The normalized spacial score (nSPS) is 21.9. The number of rotatable bonds is 7. The molecule has 1 atom stereocenters. The van der Waals surface area contributed by atoms with Crippen LogP contribution in [0.25, 0.3) is 0 Å². The van der Waals surface area contributed by atoms with E-state index in [0.29, 0.717) is 6.10 Å². The van der Waals surface area contributed by atoms with Gasteiger partial charge in [0.25, 0.3) is 0 Å². The first-order valence-corrected chi connectivity index (χ1v) is 6.61. The van der Waals surface area contributed by atoms with E-state index in [4.69, 9.17) is 10.5 Å². The summed E-state index contributed by atoms with van der Waals surface area (Å²) in [5.74, 6) is 0. The third-order valence-corrected chi connectivity index (χ3v) is 3.23. The second-order valence-corrected chi connectivity index (χ2v) is 5.74. The van der Waals surface area contributed by atoms with Gasteiger partial charge in [-0.05, 0) is 37.8 Å². The van der Waals surface area contributed by atoms with Crippen LogP contribution in [0.15, 0.2) is 0 Å². The fraction of sp³-hybridized carbons (Fsp3) is 1.00. The van der Waals surface area contributed by atoms with Gasteiger partial charge in [-0.15, -0.1) is 0 Å². The molecule has 0 amide bonds. The highest BCUT2D eigenvalue weighted by atomic mass is 16.5. The number of ether oxygens (including phenoxy) is 1. The lowest BCUT2D eigenvalue weighted by Gasteiger charge is -2.33. The average Bonchev–Trinajstić information content (AvgIpc) is 2.70. The van der Waals surface area contributed by atoms with Crippen molar-refractivity contribution in [3.8, 4) is 0 Å². The Morgan fingerprint density at radius 1 is 1.44 bits per heavy atom. The summed E-state index contributed by atoms with van der Waals surface area (Å²) in [5, 5.41) is 0. The van der Waals surface area contributed by atoms with Crippen molar-refractivity contribution in [1.29, 1.82) is 0 Å². The van der Waals surface area contributed by atoms with Crippen LogP contribution in [0.2, 0.25) is 0 Å². The minimum Gasteiger partial charge on any atom is -0.377 e. The fourth-order valence-electron chi connectivity index (χ4n) is 2.30. The summed E-state index contributed by atoms with van der Waals surface area (Å²) in [6, 6.07) is 0. The molecule has 1 fully saturated rings. The molecule has 3 nitrogen and oxygen atoms in total. The van der Waals surface area contributed by atoms with Crippen LogP contribution < -0.4 is 5.73 Å². The van der Waals surface area contributed by atoms with E-state index >= 15 is 0 Å². The average molecular weight is 228 g/mol. The first kappa shape index (κ1) is 13.9. The summed E-state index contributed by atoms with van der Waals surface area (Å²) in [6.45, 7) is 11.7. The molecular formula is C13H28N2O. The van der Waals surface area contributed by atoms with Crippen LogP contribution in [0.5, 0.6) is 0 Å². The predicted molar refractivity (Wildman–Crippen MR) is 68.5 cm³/mol. The molecule has 0 aromatic heterocycles.